The standard InChI is InChI=1S/C14H19BrF3N2O2Si/c1-3-23(4-2,7-11(19)22)9-5-10(15)20-13(12(9)16)8(6-21)14(17)18/h5,14,21H,3-4,6-7H2,1-2H3,(H2,19,22). The molecule has 4 nitrogen and oxygen atoms in total. The van der Waals surface area contributed by atoms with Crippen LogP contribution in [0.3, 0.4) is 0 Å². The fraction of sp³-hybridized carbons (Fsp3) is 0.500. The van der Waals surface area contributed by atoms with E-state index in [1.807, 2.05) is 13.8 Å². The van der Waals surface area contributed by atoms with Gasteiger partial charge in [-0.15, -0.1) is 0 Å². The summed E-state index contributed by atoms with van der Waals surface area (Å²) in [7, 11) is -2.64. The lowest BCUT2D eigenvalue weighted by molar-refractivity contribution is -0.116. The summed E-state index contributed by atoms with van der Waals surface area (Å²) in [6, 6.07) is 2.52. The maximum Gasteiger partial charge on any atom is 0.253 e. The first-order chi connectivity index (χ1) is 10.7. The van der Waals surface area contributed by atoms with Gasteiger partial charge in [0.2, 0.25) is 5.91 Å². The zero-order chi connectivity index (χ0) is 17.8. The van der Waals surface area contributed by atoms with Gasteiger partial charge in [0.25, 0.3) is 6.43 Å². The van der Waals surface area contributed by atoms with E-state index in [9.17, 15) is 18.0 Å². The van der Waals surface area contributed by atoms with Crippen LogP contribution in [0.2, 0.25) is 18.1 Å². The van der Waals surface area contributed by atoms with Crippen LogP contribution in [-0.2, 0) is 4.79 Å². The minimum absolute atomic E-state index is 0.0238. The van der Waals surface area contributed by atoms with Crippen LogP contribution in [0.5, 0.6) is 0 Å². The highest BCUT2D eigenvalue weighted by atomic mass is 79.9. The van der Waals surface area contributed by atoms with E-state index in [1.165, 1.54) is 6.07 Å². The number of nitrogens with zero attached hydrogens (tertiary/aromatic N) is 1. The van der Waals surface area contributed by atoms with Gasteiger partial charge < -0.3 is 10.8 Å². The zero-order valence-electron chi connectivity index (χ0n) is 12.9. The first kappa shape index (κ1) is 20.1. The lowest BCUT2D eigenvalue weighted by Gasteiger charge is -2.30. The summed E-state index contributed by atoms with van der Waals surface area (Å²) in [5.41, 5.74) is 4.75. The maximum atomic E-state index is 14.9. The molecule has 0 spiro atoms. The van der Waals surface area contributed by atoms with E-state index in [0.717, 1.165) is 0 Å². The average molecular weight is 412 g/mol. The molecule has 0 saturated heterocycles. The van der Waals surface area contributed by atoms with Gasteiger partial charge in [-0.2, -0.15) is 0 Å². The molecule has 23 heavy (non-hydrogen) atoms. The van der Waals surface area contributed by atoms with Gasteiger partial charge in [0.15, 0.2) is 0 Å². The number of pyridine rings is 1. The Morgan fingerprint density at radius 1 is 1.43 bits per heavy atom. The number of aliphatic hydroxyl groups is 1. The average Bonchev–Trinajstić information content (AvgIpc) is 2.48. The number of amides is 1. The number of carbonyl (C=O) groups is 1. The van der Waals surface area contributed by atoms with Crippen molar-refractivity contribution < 1.29 is 23.1 Å². The van der Waals surface area contributed by atoms with Gasteiger partial charge in [-0.25, -0.2) is 18.2 Å². The molecule has 0 fully saturated rings. The topological polar surface area (TPSA) is 76.2 Å². The molecule has 0 aromatic carbocycles. The molecule has 1 radical (unpaired) electrons. The first-order valence-electron chi connectivity index (χ1n) is 7.12. The van der Waals surface area contributed by atoms with Crippen molar-refractivity contribution in [2.24, 2.45) is 5.73 Å². The molecule has 0 unspecified atom stereocenters. The van der Waals surface area contributed by atoms with Gasteiger partial charge in [0.1, 0.15) is 16.3 Å². The Morgan fingerprint density at radius 3 is 2.39 bits per heavy atom. The second-order valence-electron chi connectivity index (χ2n) is 5.27. The van der Waals surface area contributed by atoms with Crippen molar-refractivity contribution in [2.45, 2.75) is 38.4 Å². The molecule has 0 saturated carbocycles. The van der Waals surface area contributed by atoms with E-state index >= 15 is 0 Å². The summed E-state index contributed by atoms with van der Waals surface area (Å²) in [4.78, 5) is 15.2. The van der Waals surface area contributed by atoms with Crippen LogP contribution < -0.4 is 10.9 Å². The zero-order valence-corrected chi connectivity index (χ0v) is 15.5. The van der Waals surface area contributed by atoms with Crippen molar-refractivity contribution in [3.63, 3.8) is 0 Å². The summed E-state index contributed by atoms with van der Waals surface area (Å²) in [5.74, 6) is -2.22. The summed E-state index contributed by atoms with van der Waals surface area (Å²) < 4.78 is 41.1. The number of alkyl halides is 2. The molecule has 3 N–H and O–H groups in total. The lowest BCUT2D eigenvalue weighted by atomic mass is 10.1. The molecule has 0 aliphatic rings. The highest BCUT2D eigenvalue weighted by molar-refractivity contribution is 9.10. The Kier molecular flexibility index (Phi) is 7.21. The molecule has 1 aromatic heterocycles. The van der Waals surface area contributed by atoms with E-state index < -0.39 is 44.4 Å². The predicted octanol–water partition coefficient (Wildman–Crippen LogP) is 2.34. The van der Waals surface area contributed by atoms with Crippen LogP contribution in [0.25, 0.3) is 0 Å². The Bertz CT molecular complexity index is 571. The molecule has 9 heteroatoms. The van der Waals surface area contributed by atoms with Crippen LogP contribution in [0, 0.1) is 11.7 Å². The highest BCUT2D eigenvalue weighted by Crippen LogP contribution is 2.28. The lowest BCUT2D eigenvalue weighted by Crippen LogP contribution is -2.51. The third-order valence-corrected chi connectivity index (χ3v) is 9.75. The molecule has 0 atom stereocenters. The van der Waals surface area contributed by atoms with Gasteiger partial charge in [-0.3, -0.25) is 4.79 Å². The molecular formula is C14H19BrF3N2O2Si. The van der Waals surface area contributed by atoms with Gasteiger partial charge in [-0.1, -0.05) is 25.9 Å². The Labute approximate surface area is 142 Å². The molecule has 1 amide bonds. The van der Waals surface area contributed by atoms with Crippen LogP contribution >= 0.6 is 15.9 Å². The first-order valence-corrected chi connectivity index (χ1v) is 10.5. The van der Waals surface area contributed by atoms with Gasteiger partial charge in [-0.05, 0) is 27.2 Å². The number of rotatable bonds is 8. The third-order valence-electron chi connectivity index (χ3n) is 4.10. The number of hydrogen-bond donors (Lipinski definition) is 2. The molecule has 0 aliphatic heterocycles. The summed E-state index contributed by atoms with van der Waals surface area (Å²) in [6.45, 7) is 2.66. The van der Waals surface area contributed by atoms with E-state index in [2.05, 4.69) is 20.9 Å². The van der Waals surface area contributed by atoms with Gasteiger partial charge >= 0.3 is 0 Å². The highest BCUT2D eigenvalue weighted by Gasteiger charge is 2.39. The summed E-state index contributed by atoms with van der Waals surface area (Å²) in [5, 5.41) is 9.34. The Morgan fingerprint density at radius 2 is 2.00 bits per heavy atom. The monoisotopic (exact) mass is 411 g/mol. The maximum absolute atomic E-state index is 14.9. The van der Waals surface area contributed by atoms with Crippen molar-refractivity contribution in [2.75, 3.05) is 6.61 Å². The number of aromatic nitrogens is 1. The number of hydrogen-bond acceptors (Lipinski definition) is 3. The Hall–Kier alpha value is -0.933. The van der Waals surface area contributed by atoms with E-state index in [-0.39, 0.29) is 15.8 Å². The number of aliphatic hydroxyl groups excluding tert-OH is 1. The molecule has 129 valence electrons. The number of nitrogens with two attached hydrogens (primary N) is 1. The second kappa shape index (κ2) is 8.25. The molecule has 1 rings (SSSR count). The van der Waals surface area contributed by atoms with Crippen LogP contribution in [0.1, 0.15) is 19.5 Å². The van der Waals surface area contributed by atoms with Gasteiger partial charge in [0, 0.05) is 6.04 Å². The number of carbonyl (C=O) groups excluding carboxylic acids is 1. The smallest absolute Gasteiger partial charge is 0.253 e. The second-order valence-corrected chi connectivity index (χ2v) is 10.9. The van der Waals surface area contributed by atoms with E-state index in [1.54, 1.807) is 0 Å². The minimum atomic E-state index is -3.03. The number of halogens is 4. The van der Waals surface area contributed by atoms with Crippen molar-refractivity contribution in [3.05, 3.63) is 28.1 Å². The van der Waals surface area contributed by atoms with Crippen molar-refractivity contribution in [1.29, 1.82) is 0 Å². The van der Waals surface area contributed by atoms with E-state index in [4.69, 9.17) is 10.8 Å². The molecule has 0 aliphatic carbocycles. The fourth-order valence-electron chi connectivity index (χ4n) is 2.65. The molecule has 1 aromatic rings. The van der Waals surface area contributed by atoms with Crippen molar-refractivity contribution >= 4 is 35.1 Å². The number of primary amides is 1. The van der Waals surface area contributed by atoms with E-state index in [0.29, 0.717) is 12.1 Å². The fourth-order valence-corrected chi connectivity index (χ4v) is 6.92. The molecular weight excluding hydrogens is 393 g/mol. The third kappa shape index (κ3) is 4.33. The van der Waals surface area contributed by atoms with Crippen LogP contribution in [0.4, 0.5) is 13.2 Å². The molecule has 0 bridgehead atoms. The summed E-state index contributed by atoms with van der Waals surface area (Å²) in [6.07, 6.45) is -3.03. The minimum Gasteiger partial charge on any atom is -0.395 e. The quantitative estimate of drug-likeness (QED) is 0.509. The normalized spacial score (nSPS) is 12.2. The van der Waals surface area contributed by atoms with Crippen LogP contribution in [0.15, 0.2) is 10.7 Å². The SMILES string of the molecule is CC[Si](CC)(CC(N)=O)c1cc(Br)nc([C](CO)C(F)F)c1F. The predicted molar refractivity (Wildman–Crippen MR) is 87.7 cm³/mol. The van der Waals surface area contributed by atoms with Crippen molar-refractivity contribution in [3.8, 4) is 0 Å². The Balaban J connectivity index is 3.58. The summed E-state index contributed by atoms with van der Waals surface area (Å²) >= 11 is 3.10. The van der Waals surface area contributed by atoms with Gasteiger partial charge in [0.05, 0.1) is 20.4 Å². The van der Waals surface area contributed by atoms with Crippen molar-refractivity contribution in [1.82, 2.24) is 4.98 Å². The largest absolute Gasteiger partial charge is 0.395 e. The molecule has 1 heterocycles. The van der Waals surface area contributed by atoms with Crippen LogP contribution in [-0.4, -0.2) is 37.1 Å².